The van der Waals surface area contributed by atoms with Crippen LogP contribution in [0.5, 0.6) is 0 Å². The van der Waals surface area contributed by atoms with Crippen molar-refractivity contribution in [1.29, 1.82) is 0 Å². The molecule has 0 bridgehead atoms. The fourth-order valence-electron chi connectivity index (χ4n) is 5.43. The van der Waals surface area contributed by atoms with E-state index in [1.165, 1.54) is 12.1 Å². The zero-order valence-corrected chi connectivity index (χ0v) is 20.5. The molecule has 6 rings (SSSR count). The Bertz CT molecular complexity index is 1550. The Labute approximate surface area is 216 Å². The molecule has 1 aromatic heterocycles. The van der Waals surface area contributed by atoms with Gasteiger partial charge in [0.25, 0.3) is 11.9 Å². The summed E-state index contributed by atoms with van der Waals surface area (Å²) in [7, 11) is 0. The fraction of sp³-hybridized carbons (Fsp3) is 0.214. The normalized spacial score (nSPS) is 16.4. The Morgan fingerprint density at radius 2 is 1.78 bits per heavy atom. The summed E-state index contributed by atoms with van der Waals surface area (Å²) in [6, 6.07) is 16.6. The summed E-state index contributed by atoms with van der Waals surface area (Å²) in [5.74, 6) is -1.43. The van der Waals surface area contributed by atoms with E-state index in [-0.39, 0.29) is 18.5 Å². The predicted molar refractivity (Wildman–Crippen MR) is 138 cm³/mol. The number of ether oxygens (including phenoxy) is 1. The Morgan fingerprint density at radius 3 is 2.54 bits per heavy atom. The first-order chi connectivity index (χ1) is 17.8. The van der Waals surface area contributed by atoms with Gasteiger partial charge < -0.3 is 19.9 Å². The lowest BCUT2D eigenvalue weighted by Gasteiger charge is -2.43. The van der Waals surface area contributed by atoms with Gasteiger partial charge in [-0.05, 0) is 35.9 Å². The molecule has 0 aliphatic carbocycles. The van der Waals surface area contributed by atoms with Crippen LogP contribution in [0.2, 0.25) is 5.02 Å². The van der Waals surface area contributed by atoms with Crippen LogP contribution in [0.15, 0.2) is 71.9 Å². The number of hydrogen-bond donors (Lipinski definition) is 1. The number of hydrogen-bond acceptors (Lipinski definition) is 4. The highest BCUT2D eigenvalue weighted by molar-refractivity contribution is 6.31. The molecule has 1 spiro atoms. The summed E-state index contributed by atoms with van der Waals surface area (Å²) >= 11 is 6.25. The number of likely N-dealkylation sites (tertiary alicyclic amines) is 1. The van der Waals surface area contributed by atoms with E-state index in [1.54, 1.807) is 33.9 Å². The van der Waals surface area contributed by atoms with Crippen LogP contribution < -0.4 is 5.73 Å². The van der Waals surface area contributed by atoms with Crippen LogP contribution in [0.4, 0.5) is 14.5 Å². The molecule has 1 amide bonds. The Kier molecular flexibility index (Phi) is 5.64. The second kappa shape index (κ2) is 8.88. The van der Waals surface area contributed by atoms with Gasteiger partial charge in [-0.15, -0.1) is 0 Å². The van der Waals surface area contributed by atoms with Crippen molar-refractivity contribution >= 4 is 40.1 Å². The quantitative estimate of drug-likeness (QED) is 0.375. The van der Waals surface area contributed by atoms with E-state index >= 15 is 0 Å². The van der Waals surface area contributed by atoms with E-state index in [0.29, 0.717) is 47.6 Å². The maximum Gasteiger partial charge on any atom is 0.288 e. The SMILES string of the molecule is NC1=Nc2ccccc2C2(CCN(C(=O)c3cn(Cc4cc(F)cc(F)c4)c4cc(Cl)ccc34)CC2)O1. The summed E-state index contributed by atoms with van der Waals surface area (Å²) in [5, 5.41) is 1.23. The van der Waals surface area contributed by atoms with Crippen molar-refractivity contribution < 1.29 is 18.3 Å². The number of nitrogens with two attached hydrogens (primary N) is 1. The number of nitrogens with zero attached hydrogens (tertiary/aromatic N) is 3. The van der Waals surface area contributed by atoms with Crippen LogP contribution in [-0.2, 0) is 16.9 Å². The number of rotatable bonds is 3. The number of amidine groups is 1. The molecule has 1 fully saturated rings. The molecule has 2 N–H and O–H groups in total. The summed E-state index contributed by atoms with van der Waals surface area (Å²) in [5.41, 5.74) is 8.79. The van der Waals surface area contributed by atoms with Gasteiger partial charge in [-0.25, -0.2) is 8.78 Å². The van der Waals surface area contributed by atoms with E-state index < -0.39 is 17.2 Å². The fourth-order valence-corrected chi connectivity index (χ4v) is 5.60. The number of carbonyl (C=O) groups excluding carboxylic acids is 1. The Morgan fingerprint density at radius 1 is 1.05 bits per heavy atom. The number of carbonyl (C=O) groups is 1. The van der Waals surface area contributed by atoms with Crippen LogP contribution in [0.3, 0.4) is 0 Å². The van der Waals surface area contributed by atoms with E-state index in [0.717, 1.165) is 22.7 Å². The number of aromatic nitrogens is 1. The van der Waals surface area contributed by atoms with Crippen LogP contribution in [0.25, 0.3) is 10.9 Å². The van der Waals surface area contributed by atoms with Gasteiger partial charge in [-0.1, -0.05) is 35.9 Å². The van der Waals surface area contributed by atoms with Crippen molar-refractivity contribution in [3.63, 3.8) is 0 Å². The average molecular weight is 521 g/mol. The molecule has 0 unspecified atom stereocenters. The van der Waals surface area contributed by atoms with Crippen molar-refractivity contribution in [1.82, 2.24) is 9.47 Å². The summed E-state index contributed by atoms with van der Waals surface area (Å²) < 4.78 is 35.4. The molecule has 2 aliphatic heterocycles. The Balaban J connectivity index is 1.29. The summed E-state index contributed by atoms with van der Waals surface area (Å²) in [6.45, 7) is 1.12. The maximum absolute atomic E-state index is 13.8. The van der Waals surface area contributed by atoms with E-state index in [9.17, 15) is 13.6 Å². The van der Waals surface area contributed by atoms with Crippen molar-refractivity contribution in [2.75, 3.05) is 13.1 Å². The minimum atomic E-state index is -0.653. The zero-order chi connectivity index (χ0) is 25.7. The van der Waals surface area contributed by atoms with E-state index in [4.69, 9.17) is 22.1 Å². The van der Waals surface area contributed by atoms with Crippen molar-refractivity contribution in [2.45, 2.75) is 25.0 Å². The lowest BCUT2D eigenvalue weighted by atomic mass is 9.82. The highest BCUT2D eigenvalue weighted by atomic mass is 35.5. The molecule has 188 valence electrons. The van der Waals surface area contributed by atoms with Crippen LogP contribution in [0.1, 0.15) is 34.3 Å². The average Bonchev–Trinajstić information content (AvgIpc) is 3.20. The predicted octanol–water partition coefficient (Wildman–Crippen LogP) is 5.73. The minimum absolute atomic E-state index is 0.128. The second-order valence-corrected chi connectivity index (χ2v) is 9.90. The monoisotopic (exact) mass is 520 g/mol. The lowest BCUT2D eigenvalue weighted by molar-refractivity contribution is -0.0129. The number of halogens is 3. The highest BCUT2D eigenvalue weighted by Gasteiger charge is 2.43. The zero-order valence-electron chi connectivity index (χ0n) is 19.8. The second-order valence-electron chi connectivity index (χ2n) is 9.47. The largest absolute Gasteiger partial charge is 0.453 e. The van der Waals surface area contributed by atoms with Gasteiger partial charge in [0, 0.05) is 60.7 Å². The van der Waals surface area contributed by atoms with Gasteiger partial charge in [-0.2, -0.15) is 4.99 Å². The van der Waals surface area contributed by atoms with Crippen LogP contribution in [-0.4, -0.2) is 34.5 Å². The van der Waals surface area contributed by atoms with Gasteiger partial charge in [0.1, 0.15) is 17.2 Å². The van der Waals surface area contributed by atoms with Crippen molar-refractivity contribution in [2.24, 2.45) is 10.7 Å². The van der Waals surface area contributed by atoms with Gasteiger partial charge in [0.05, 0.1) is 16.8 Å². The summed E-state index contributed by atoms with van der Waals surface area (Å²) in [4.78, 5) is 19.8. The van der Waals surface area contributed by atoms with Gasteiger partial charge >= 0.3 is 0 Å². The van der Waals surface area contributed by atoms with Gasteiger partial charge in [0.15, 0.2) is 0 Å². The summed E-state index contributed by atoms with van der Waals surface area (Å²) in [6.07, 6.45) is 2.87. The molecule has 3 heterocycles. The molecular formula is C28H23ClF2N4O2. The molecule has 4 aromatic rings. The van der Waals surface area contributed by atoms with E-state index in [1.807, 2.05) is 24.3 Å². The molecule has 9 heteroatoms. The third-order valence-electron chi connectivity index (χ3n) is 7.13. The van der Waals surface area contributed by atoms with Gasteiger partial charge in [0.2, 0.25) is 0 Å². The third kappa shape index (κ3) is 4.21. The topological polar surface area (TPSA) is 72.8 Å². The number of fused-ring (bicyclic) bond motifs is 3. The highest BCUT2D eigenvalue weighted by Crippen LogP contribution is 2.44. The number of amides is 1. The molecule has 1 saturated heterocycles. The first-order valence-electron chi connectivity index (χ1n) is 12.0. The van der Waals surface area contributed by atoms with Gasteiger partial charge in [-0.3, -0.25) is 4.79 Å². The minimum Gasteiger partial charge on any atom is -0.453 e. The van der Waals surface area contributed by atoms with Crippen LogP contribution in [0, 0.1) is 11.6 Å². The maximum atomic E-state index is 13.8. The van der Waals surface area contributed by atoms with Crippen LogP contribution >= 0.6 is 11.6 Å². The molecule has 3 aromatic carbocycles. The Hall–Kier alpha value is -3.91. The third-order valence-corrected chi connectivity index (χ3v) is 7.37. The van der Waals surface area contributed by atoms with Crippen molar-refractivity contribution in [3.8, 4) is 0 Å². The molecule has 2 aliphatic rings. The molecule has 6 nitrogen and oxygen atoms in total. The smallest absolute Gasteiger partial charge is 0.288 e. The van der Waals surface area contributed by atoms with E-state index in [2.05, 4.69) is 4.99 Å². The molecule has 0 atom stereocenters. The number of benzene rings is 3. The molecule has 37 heavy (non-hydrogen) atoms. The number of aliphatic imine (C=N–C) groups is 1. The number of para-hydroxylation sites is 1. The standard InChI is InChI=1S/C28H23ClF2N4O2/c29-18-5-6-21-22(16-35(25(21)13-18)15-17-11-19(30)14-20(31)12-17)26(36)34-9-7-28(8-10-34)23-3-1-2-4-24(23)33-27(32)37-28/h1-6,11-14,16H,7-10,15H2,(H2,32,33). The molecular weight excluding hydrogens is 498 g/mol. The molecule has 0 saturated carbocycles. The first-order valence-corrected chi connectivity index (χ1v) is 12.3. The number of piperidine rings is 1. The first kappa shape index (κ1) is 23.5. The molecule has 0 radical (unpaired) electrons. The lowest BCUT2D eigenvalue weighted by Crippen LogP contribution is -2.49. The van der Waals surface area contributed by atoms with Crippen molar-refractivity contribution in [3.05, 3.63) is 100 Å².